The second kappa shape index (κ2) is 4.38. The summed E-state index contributed by atoms with van der Waals surface area (Å²) >= 11 is 0. The predicted octanol–water partition coefficient (Wildman–Crippen LogP) is 2.79. The summed E-state index contributed by atoms with van der Waals surface area (Å²) in [6.07, 6.45) is 2.95. The Morgan fingerprint density at radius 1 is 1.25 bits per heavy atom. The molecule has 0 N–H and O–H groups in total. The van der Waals surface area contributed by atoms with Gasteiger partial charge in [0.15, 0.2) is 11.6 Å². The molecule has 0 atom stereocenters. The summed E-state index contributed by atoms with van der Waals surface area (Å²) in [5.41, 5.74) is 1.38. The fourth-order valence-electron chi connectivity index (χ4n) is 2.12. The number of aromatic nitrogens is 3. The van der Waals surface area contributed by atoms with Gasteiger partial charge < -0.3 is 4.57 Å². The molecule has 0 aliphatic carbocycles. The third kappa shape index (κ3) is 1.72. The van der Waals surface area contributed by atoms with E-state index in [0.29, 0.717) is 22.5 Å². The molecule has 0 spiro atoms. The fraction of sp³-hybridized carbons (Fsp3) is 0.0714. The third-order valence-electron chi connectivity index (χ3n) is 3.05. The van der Waals surface area contributed by atoms with Crippen LogP contribution in [0, 0.1) is 23.0 Å². The van der Waals surface area contributed by atoms with Crippen LogP contribution in [0.5, 0.6) is 0 Å². The number of benzene rings is 1. The molecule has 20 heavy (non-hydrogen) atoms. The van der Waals surface area contributed by atoms with E-state index in [4.69, 9.17) is 5.26 Å². The highest BCUT2D eigenvalue weighted by Gasteiger charge is 2.16. The van der Waals surface area contributed by atoms with Crippen LogP contribution in [0.25, 0.3) is 22.4 Å². The lowest BCUT2D eigenvalue weighted by molar-refractivity contribution is 0.513. The molecule has 3 rings (SSSR count). The molecule has 0 radical (unpaired) electrons. The number of aryl methyl sites for hydroxylation is 1. The van der Waals surface area contributed by atoms with E-state index in [0.717, 1.165) is 6.07 Å². The molecule has 98 valence electrons. The zero-order valence-electron chi connectivity index (χ0n) is 10.4. The summed E-state index contributed by atoms with van der Waals surface area (Å²) in [5.74, 6) is -1.43. The zero-order chi connectivity index (χ0) is 14.3. The van der Waals surface area contributed by atoms with Gasteiger partial charge in [0.1, 0.15) is 17.4 Å². The maximum absolute atomic E-state index is 13.8. The van der Waals surface area contributed by atoms with Crippen molar-refractivity contribution in [3.8, 4) is 17.5 Å². The molecule has 3 aromatic rings. The first kappa shape index (κ1) is 12.2. The predicted molar refractivity (Wildman–Crippen MR) is 68.6 cm³/mol. The van der Waals surface area contributed by atoms with E-state index in [1.807, 2.05) is 6.07 Å². The second-order valence-electron chi connectivity index (χ2n) is 4.30. The van der Waals surface area contributed by atoms with Crippen LogP contribution in [0.4, 0.5) is 8.78 Å². The number of fused-ring (bicyclic) bond motifs is 1. The van der Waals surface area contributed by atoms with Crippen molar-refractivity contribution >= 4 is 11.0 Å². The molecule has 0 aliphatic heterocycles. The van der Waals surface area contributed by atoms with E-state index in [9.17, 15) is 8.78 Å². The van der Waals surface area contributed by atoms with Crippen molar-refractivity contribution in [3.63, 3.8) is 0 Å². The van der Waals surface area contributed by atoms with E-state index in [-0.39, 0.29) is 5.52 Å². The Morgan fingerprint density at radius 2 is 2.05 bits per heavy atom. The number of rotatable bonds is 1. The van der Waals surface area contributed by atoms with E-state index < -0.39 is 11.6 Å². The summed E-state index contributed by atoms with van der Waals surface area (Å²) in [6, 6.07) is 6.03. The molecular formula is C14H8F2N4. The number of hydrogen-bond acceptors (Lipinski definition) is 3. The lowest BCUT2D eigenvalue weighted by Gasteiger charge is -2.03. The maximum atomic E-state index is 13.8. The highest BCUT2D eigenvalue weighted by atomic mass is 19.2. The quantitative estimate of drug-likeness (QED) is 0.683. The van der Waals surface area contributed by atoms with Gasteiger partial charge in [-0.2, -0.15) is 5.26 Å². The Labute approximate surface area is 112 Å². The van der Waals surface area contributed by atoms with Crippen LogP contribution in [-0.2, 0) is 7.05 Å². The highest BCUT2D eigenvalue weighted by Crippen LogP contribution is 2.26. The van der Waals surface area contributed by atoms with Gasteiger partial charge in [-0.3, -0.25) is 4.98 Å². The van der Waals surface area contributed by atoms with E-state index in [1.54, 1.807) is 13.1 Å². The Hall–Kier alpha value is -2.81. The summed E-state index contributed by atoms with van der Waals surface area (Å²) in [6.45, 7) is 0. The molecule has 0 saturated carbocycles. The standard InChI is InChI=1S/C14H8F2N4/c1-20-13-11(3-2-10(15)12(13)16)19-14(20)9-4-8(5-17)6-18-7-9/h2-4,6-7H,1H3. The Balaban J connectivity index is 2.30. The van der Waals surface area contributed by atoms with Crippen molar-refractivity contribution in [1.82, 2.24) is 14.5 Å². The molecule has 4 nitrogen and oxygen atoms in total. The Kier molecular flexibility index (Phi) is 2.68. The normalized spacial score (nSPS) is 10.7. The second-order valence-corrected chi connectivity index (χ2v) is 4.30. The monoisotopic (exact) mass is 270 g/mol. The van der Waals surface area contributed by atoms with Gasteiger partial charge in [-0.25, -0.2) is 13.8 Å². The van der Waals surface area contributed by atoms with Crippen LogP contribution in [0.2, 0.25) is 0 Å². The molecule has 0 saturated heterocycles. The van der Waals surface area contributed by atoms with E-state index >= 15 is 0 Å². The molecule has 1 aromatic carbocycles. The number of nitrogens with zero attached hydrogens (tertiary/aromatic N) is 4. The summed E-state index contributed by atoms with van der Waals surface area (Å²) in [4.78, 5) is 8.21. The van der Waals surface area contributed by atoms with Crippen LogP contribution in [-0.4, -0.2) is 14.5 Å². The lowest BCUT2D eigenvalue weighted by atomic mass is 10.2. The van der Waals surface area contributed by atoms with Crippen LogP contribution in [0.3, 0.4) is 0 Å². The molecule has 0 amide bonds. The number of nitriles is 1. The number of hydrogen-bond donors (Lipinski definition) is 0. The average Bonchev–Trinajstić information content (AvgIpc) is 2.81. The fourth-order valence-corrected chi connectivity index (χ4v) is 2.12. The van der Waals surface area contributed by atoms with Gasteiger partial charge in [0.2, 0.25) is 0 Å². The first-order valence-corrected chi connectivity index (χ1v) is 5.77. The lowest BCUT2D eigenvalue weighted by Crippen LogP contribution is -1.96. The van der Waals surface area contributed by atoms with E-state index in [2.05, 4.69) is 9.97 Å². The molecule has 2 aromatic heterocycles. The summed E-state index contributed by atoms with van der Waals surface area (Å²) in [7, 11) is 1.59. The smallest absolute Gasteiger partial charge is 0.184 e. The third-order valence-corrected chi connectivity index (χ3v) is 3.05. The summed E-state index contributed by atoms with van der Waals surface area (Å²) in [5, 5.41) is 8.87. The molecule has 0 unspecified atom stereocenters. The molecular weight excluding hydrogens is 262 g/mol. The van der Waals surface area contributed by atoms with Crippen LogP contribution >= 0.6 is 0 Å². The van der Waals surface area contributed by atoms with Gasteiger partial charge in [0.05, 0.1) is 11.1 Å². The SMILES string of the molecule is Cn1c(-c2cncc(C#N)c2)nc2ccc(F)c(F)c21. The van der Waals surface area contributed by atoms with Crippen molar-refractivity contribution < 1.29 is 8.78 Å². The van der Waals surface area contributed by atoms with Crippen molar-refractivity contribution in [2.45, 2.75) is 0 Å². The first-order chi connectivity index (χ1) is 9.61. The van der Waals surface area contributed by atoms with Crippen LogP contribution in [0.15, 0.2) is 30.6 Å². The van der Waals surface area contributed by atoms with Gasteiger partial charge in [-0.15, -0.1) is 0 Å². The van der Waals surface area contributed by atoms with Gasteiger partial charge in [-0.05, 0) is 18.2 Å². The Morgan fingerprint density at radius 3 is 2.80 bits per heavy atom. The number of pyridine rings is 1. The minimum absolute atomic E-state index is 0.0855. The topological polar surface area (TPSA) is 54.5 Å². The van der Waals surface area contributed by atoms with Gasteiger partial charge >= 0.3 is 0 Å². The number of imidazole rings is 1. The van der Waals surface area contributed by atoms with Crippen molar-refractivity contribution in [1.29, 1.82) is 5.26 Å². The summed E-state index contributed by atoms with van der Waals surface area (Å²) < 4.78 is 28.6. The minimum atomic E-state index is -0.937. The van der Waals surface area contributed by atoms with Gasteiger partial charge in [0.25, 0.3) is 0 Å². The highest BCUT2D eigenvalue weighted by molar-refractivity contribution is 5.81. The van der Waals surface area contributed by atoms with Crippen LogP contribution in [0.1, 0.15) is 5.56 Å². The van der Waals surface area contributed by atoms with Crippen molar-refractivity contribution in [3.05, 3.63) is 47.8 Å². The maximum Gasteiger partial charge on any atom is 0.184 e. The molecule has 6 heteroatoms. The van der Waals surface area contributed by atoms with Gasteiger partial charge in [0, 0.05) is 25.0 Å². The molecule has 0 bridgehead atoms. The largest absolute Gasteiger partial charge is 0.325 e. The van der Waals surface area contributed by atoms with E-state index in [1.165, 1.54) is 23.0 Å². The van der Waals surface area contributed by atoms with Crippen molar-refractivity contribution in [2.75, 3.05) is 0 Å². The van der Waals surface area contributed by atoms with Gasteiger partial charge in [-0.1, -0.05) is 0 Å². The number of halogens is 2. The first-order valence-electron chi connectivity index (χ1n) is 5.77. The molecule has 0 aliphatic rings. The van der Waals surface area contributed by atoms with Crippen LogP contribution < -0.4 is 0 Å². The minimum Gasteiger partial charge on any atom is -0.325 e. The Bertz CT molecular complexity index is 861. The van der Waals surface area contributed by atoms with Crippen molar-refractivity contribution in [2.24, 2.45) is 7.05 Å². The zero-order valence-corrected chi connectivity index (χ0v) is 10.4. The average molecular weight is 270 g/mol. The molecule has 2 heterocycles. The molecule has 0 fully saturated rings.